The Morgan fingerprint density at radius 1 is 1.31 bits per heavy atom. The molecule has 0 spiro atoms. The molecule has 1 aromatic carbocycles. The van der Waals surface area contributed by atoms with E-state index in [0.717, 1.165) is 27.9 Å². The molecule has 0 saturated heterocycles. The lowest BCUT2D eigenvalue weighted by Crippen LogP contribution is -2.34. The third-order valence-electron chi connectivity index (χ3n) is 4.37. The van der Waals surface area contributed by atoms with Crippen molar-refractivity contribution in [2.24, 2.45) is 0 Å². The Kier molecular flexibility index (Phi) is 3.66. The number of carbonyl (C=O) groups is 2. The van der Waals surface area contributed by atoms with Gasteiger partial charge in [0, 0.05) is 12.5 Å². The third-order valence-corrected chi connectivity index (χ3v) is 4.37. The summed E-state index contributed by atoms with van der Waals surface area (Å²) < 4.78 is 14.6. The van der Waals surface area contributed by atoms with Gasteiger partial charge >= 0.3 is 5.97 Å². The number of aromatic carboxylic acids is 1. The zero-order valence-electron chi connectivity index (χ0n) is 13.3. The summed E-state index contributed by atoms with van der Waals surface area (Å²) in [7, 11) is 0. The molecule has 0 fully saturated rings. The number of benzene rings is 1. The largest absolute Gasteiger partial charge is 0.477 e. The monoisotopic (exact) mass is 356 g/mol. The van der Waals surface area contributed by atoms with Crippen LogP contribution in [0.2, 0.25) is 0 Å². The number of aromatic nitrogens is 3. The summed E-state index contributed by atoms with van der Waals surface area (Å²) in [6.07, 6.45) is 0.407. The molecule has 0 bridgehead atoms. The number of carbonyl (C=O) groups excluding carboxylic acids is 1. The first kappa shape index (κ1) is 16.2. The first-order valence-electron chi connectivity index (χ1n) is 7.80. The molecule has 3 N–H and O–H groups in total. The van der Waals surface area contributed by atoms with E-state index in [1.165, 1.54) is 0 Å². The molecule has 4 rings (SSSR count). The molecule has 0 aliphatic heterocycles. The fourth-order valence-corrected chi connectivity index (χ4v) is 3.17. The first-order valence-corrected chi connectivity index (χ1v) is 7.80. The smallest absolute Gasteiger partial charge is 0.354 e. The maximum absolute atomic E-state index is 13.8. The Bertz CT molecular complexity index is 1050. The highest BCUT2D eigenvalue weighted by Crippen LogP contribution is 2.31. The van der Waals surface area contributed by atoms with Crippen LogP contribution in [0.3, 0.4) is 0 Å². The summed E-state index contributed by atoms with van der Waals surface area (Å²) in [6.45, 7) is 0. The van der Waals surface area contributed by atoms with Crippen LogP contribution in [0.15, 0.2) is 36.5 Å². The summed E-state index contributed by atoms with van der Waals surface area (Å²) in [6, 6.07) is 7.66. The molecule has 132 valence electrons. The minimum absolute atomic E-state index is 0.272. The summed E-state index contributed by atoms with van der Waals surface area (Å²) in [4.78, 5) is 27.8. The minimum Gasteiger partial charge on any atom is -0.477 e. The van der Waals surface area contributed by atoms with Gasteiger partial charge in [-0.3, -0.25) is 4.79 Å². The summed E-state index contributed by atoms with van der Waals surface area (Å²) in [5.74, 6) is -2.93. The SMILES string of the molecule is O=C(N[C@H]1c2ccccc2C[C@H]1O)c1cc(C(=O)O)n2ncc(F)c2n1. The van der Waals surface area contributed by atoms with Gasteiger partial charge in [-0.25, -0.2) is 18.7 Å². The van der Waals surface area contributed by atoms with Gasteiger partial charge in [-0.1, -0.05) is 24.3 Å². The quantitative estimate of drug-likeness (QED) is 0.643. The van der Waals surface area contributed by atoms with Crippen molar-refractivity contribution >= 4 is 17.5 Å². The Labute approximate surface area is 145 Å². The highest BCUT2D eigenvalue weighted by molar-refractivity contribution is 5.96. The number of halogens is 1. The van der Waals surface area contributed by atoms with Gasteiger partial charge in [0.2, 0.25) is 0 Å². The standard InChI is InChI=1S/C17H13FN4O4/c18-10-7-19-22-12(17(25)26)6-11(20-15(10)22)16(24)21-14-9-4-2-1-3-8(9)5-13(14)23/h1-4,6-7,13-14,23H,5H2,(H,21,24)(H,25,26)/t13-,14+/m1/s1. The Morgan fingerprint density at radius 3 is 2.85 bits per heavy atom. The maximum Gasteiger partial charge on any atom is 0.354 e. The van der Waals surface area contributed by atoms with Crippen LogP contribution in [0, 0.1) is 5.82 Å². The van der Waals surface area contributed by atoms with Gasteiger partial charge in [-0.05, 0) is 11.1 Å². The fourth-order valence-electron chi connectivity index (χ4n) is 3.17. The van der Waals surface area contributed by atoms with E-state index in [1.54, 1.807) is 12.1 Å². The number of hydrogen-bond acceptors (Lipinski definition) is 5. The molecule has 1 aliphatic carbocycles. The third kappa shape index (κ3) is 2.49. The van der Waals surface area contributed by atoms with E-state index >= 15 is 0 Å². The number of fused-ring (bicyclic) bond motifs is 2. The number of aliphatic hydroxyl groups is 1. The number of aliphatic hydroxyl groups excluding tert-OH is 1. The molecule has 3 aromatic rings. The highest BCUT2D eigenvalue weighted by Gasteiger charge is 2.32. The van der Waals surface area contributed by atoms with E-state index in [-0.39, 0.29) is 11.3 Å². The van der Waals surface area contributed by atoms with Crippen LogP contribution < -0.4 is 5.32 Å². The number of rotatable bonds is 3. The van der Waals surface area contributed by atoms with Crippen molar-refractivity contribution in [3.63, 3.8) is 0 Å². The molecule has 8 nitrogen and oxygen atoms in total. The van der Waals surface area contributed by atoms with Gasteiger partial charge in [-0.2, -0.15) is 5.10 Å². The average molecular weight is 356 g/mol. The zero-order valence-corrected chi connectivity index (χ0v) is 13.3. The van der Waals surface area contributed by atoms with Crippen LogP contribution in [0.5, 0.6) is 0 Å². The van der Waals surface area contributed by atoms with Crippen LogP contribution in [0.4, 0.5) is 4.39 Å². The lowest BCUT2D eigenvalue weighted by Gasteiger charge is -2.18. The molecule has 2 aromatic heterocycles. The van der Waals surface area contributed by atoms with E-state index < -0.39 is 35.5 Å². The summed E-state index contributed by atoms with van der Waals surface area (Å²) >= 11 is 0. The second-order valence-corrected chi connectivity index (χ2v) is 5.98. The molecule has 2 heterocycles. The van der Waals surface area contributed by atoms with Crippen molar-refractivity contribution in [3.8, 4) is 0 Å². The van der Waals surface area contributed by atoms with Crippen LogP contribution in [-0.4, -0.2) is 42.8 Å². The van der Waals surface area contributed by atoms with Gasteiger partial charge < -0.3 is 15.5 Å². The normalized spacial score (nSPS) is 18.7. The lowest BCUT2D eigenvalue weighted by atomic mass is 10.1. The number of carboxylic acid groups (broad SMARTS) is 1. The van der Waals surface area contributed by atoms with E-state index in [1.807, 2.05) is 12.1 Å². The van der Waals surface area contributed by atoms with Crippen molar-refractivity contribution in [2.75, 3.05) is 0 Å². The van der Waals surface area contributed by atoms with Crippen molar-refractivity contribution in [3.05, 3.63) is 64.9 Å². The molecule has 0 unspecified atom stereocenters. The predicted octanol–water partition coefficient (Wildman–Crippen LogP) is 0.955. The fraction of sp³-hybridized carbons (Fsp3) is 0.176. The van der Waals surface area contributed by atoms with Gasteiger partial charge in [0.1, 0.15) is 5.69 Å². The lowest BCUT2D eigenvalue weighted by molar-refractivity contribution is 0.0687. The van der Waals surface area contributed by atoms with Crippen LogP contribution >= 0.6 is 0 Å². The van der Waals surface area contributed by atoms with E-state index in [9.17, 15) is 24.2 Å². The van der Waals surface area contributed by atoms with Crippen LogP contribution in [-0.2, 0) is 6.42 Å². The second-order valence-electron chi connectivity index (χ2n) is 5.98. The Hall–Kier alpha value is -3.33. The number of amides is 1. The predicted molar refractivity (Wildman–Crippen MR) is 86.3 cm³/mol. The second kappa shape index (κ2) is 5.88. The number of carboxylic acids is 1. The first-order chi connectivity index (χ1) is 12.5. The van der Waals surface area contributed by atoms with Gasteiger partial charge in [0.25, 0.3) is 5.91 Å². The molecule has 1 amide bonds. The summed E-state index contributed by atoms with van der Waals surface area (Å²) in [5.41, 5.74) is 0.676. The minimum atomic E-state index is -1.37. The summed E-state index contributed by atoms with van der Waals surface area (Å²) in [5, 5.41) is 25.8. The van der Waals surface area contributed by atoms with Crippen LogP contribution in [0.1, 0.15) is 38.1 Å². The highest BCUT2D eigenvalue weighted by atomic mass is 19.1. The maximum atomic E-state index is 13.8. The van der Waals surface area contributed by atoms with Crippen LogP contribution in [0.25, 0.3) is 5.65 Å². The molecular weight excluding hydrogens is 343 g/mol. The van der Waals surface area contributed by atoms with Gasteiger partial charge in [0.05, 0.1) is 18.3 Å². The van der Waals surface area contributed by atoms with E-state index in [2.05, 4.69) is 15.4 Å². The van der Waals surface area contributed by atoms with E-state index in [0.29, 0.717) is 6.42 Å². The van der Waals surface area contributed by atoms with Crippen molar-refractivity contribution < 1.29 is 24.2 Å². The zero-order chi connectivity index (χ0) is 18.4. The van der Waals surface area contributed by atoms with Crippen molar-refractivity contribution in [1.82, 2.24) is 19.9 Å². The van der Waals surface area contributed by atoms with E-state index in [4.69, 9.17) is 0 Å². The van der Waals surface area contributed by atoms with Gasteiger partial charge in [-0.15, -0.1) is 0 Å². The van der Waals surface area contributed by atoms with Gasteiger partial charge in [0.15, 0.2) is 17.2 Å². The average Bonchev–Trinajstić information content (AvgIpc) is 3.14. The van der Waals surface area contributed by atoms with Crippen molar-refractivity contribution in [2.45, 2.75) is 18.6 Å². The Morgan fingerprint density at radius 2 is 2.08 bits per heavy atom. The van der Waals surface area contributed by atoms with Crippen molar-refractivity contribution in [1.29, 1.82) is 0 Å². The number of nitrogens with zero attached hydrogens (tertiary/aromatic N) is 3. The molecule has 26 heavy (non-hydrogen) atoms. The molecule has 1 aliphatic rings. The topological polar surface area (TPSA) is 117 Å². The molecule has 9 heteroatoms. The molecule has 2 atom stereocenters. The Balaban J connectivity index is 1.71. The molecule has 0 radical (unpaired) electrons. The molecule has 0 saturated carbocycles. The number of hydrogen-bond donors (Lipinski definition) is 3. The number of nitrogens with one attached hydrogen (secondary N) is 1. The molecular formula is C17H13FN4O4.